The van der Waals surface area contributed by atoms with Crippen molar-refractivity contribution in [3.63, 3.8) is 0 Å². The number of hydrogen-bond acceptors (Lipinski definition) is 6. The third-order valence-electron chi connectivity index (χ3n) is 4.39. The van der Waals surface area contributed by atoms with Crippen LogP contribution in [0.15, 0.2) is 29.9 Å². The smallest absolute Gasteiger partial charge is 0.410 e. The molecular weight excluding hydrogens is 376 g/mol. The summed E-state index contributed by atoms with van der Waals surface area (Å²) < 4.78 is 5.43. The van der Waals surface area contributed by atoms with Crippen LogP contribution in [0.2, 0.25) is 0 Å². The molecule has 1 aliphatic rings. The maximum Gasteiger partial charge on any atom is 0.410 e. The predicted molar refractivity (Wildman–Crippen MR) is 108 cm³/mol. The average Bonchev–Trinajstić information content (AvgIpc) is 3.31. The van der Waals surface area contributed by atoms with Crippen molar-refractivity contribution in [1.82, 2.24) is 20.2 Å². The number of aromatic nitrogens is 2. The van der Waals surface area contributed by atoms with Crippen LogP contribution in [0.1, 0.15) is 51.6 Å². The van der Waals surface area contributed by atoms with Crippen LogP contribution in [0.3, 0.4) is 0 Å². The van der Waals surface area contributed by atoms with E-state index in [2.05, 4.69) is 15.3 Å². The third-order valence-corrected chi connectivity index (χ3v) is 5.42. The van der Waals surface area contributed by atoms with Gasteiger partial charge in [0.25, 0.3) is 0 Å². The first-order chi connectivity index (χ1) is 13.2. The van der Waals surface area contributed by atoms with E-state index >= 15 is 0 Å². The van der Waals surface area contributed by atoms with Crippen LogP contribution in [0.4, 0.5) is 4.79 Å². The van der Waals surface area contributed by atoms with Crippen molar-refractivity contribution >= 4 is 23.3 Å². The van der Waals surface area contributed by atoms with Crippen LogP contribution < -0.4 is 5.32 Å². The number of amides is 2. The molecule has 1 unspecified atom stereocenters. The lowest BCUT2D eigenvalue weighted by Crippen LogP contribution is -2.48. The van der Waals surface area contributed by atoms with Gasteiger partial charge in [-0.2, -0.15) is 0 Å². The Bertz CT molecular complexity index is 831. The minimum Gasteiger partial charge on any atom is -0.444 e. The fourth-order valence-electron chi connectivity index (χ4n) is 3.08. The molecule has 2 atom stereocenters. The summed E-state index contributed by atoms with van der Waals surface area (Å²) >= 11 is 1.49. The van der Waals surface area contributed by atoms with Crippen molar-refractivity contribution in [1.29, 1.82) is 0 Å². The maximum atomic E-state index is 12.8. The Labute approximate surface area is 169 Å². The second kappa shape index (κ2) is 8.26. The molecule has 0 radical (unpaired) electrons. The maximum absolute atomic E-state index is 12.8. The van der Waals surface area contributed by atoms with E-state index in [-0.39, 0.29) is 11.9 Å². The van der Waals surface area contributed by atoms with Crippen LogP contribution >= 0.6 is 11.3 Å². The minimum absolute atomic E-state index is 0.172. The highest BCUT2D eigenvalue weighted by Gasteiger charge is 2.37. The summed E-state index contributed by atoms with van der Waals surface area (Å²) in [4.78, 5) is 35.4. The van der Waals surface area contributed by atoms with E-state index in [0.717, 1.165) is 22.7 Å². The van der Waals surface area contributed by atoms with Crippen LogP contribution in [0.5, 0.6) is 0 Å². The Morgan fingerprint density at radius 2 is 2.18 bits per heavy atom. The largest absolute Gasteiger partial charge is 0.444 e. The molecule has 0 saturated carbocycles. The van der Waals surface area contributed by atoms with Gasteiger partial charge in [0.05, 0.1) is 11.7 Å². The normalized spacial score (nSPS) is 18.0. The van der Waals surface area contributed by atoms with Crippen molar-refractivity contribution in [2.45, 2.75) is 58.2 Å². The standard InChI is InChI=1S/C20H26N4O3S/c1-13(18-23-15(12-28-18)14-7-5-9-21-11-14)22-17(25)16-8-6-10-24(16)19(26)27-20(2,3)4/h5,7,9,11-13,16H,6,8,10H2,1-4H3,(H,22,25)/t13?,16-/m0/s1. The van der Waals surface area contributed by atoms with Gasteiger partial charge in [0, 0.05) is 29.9 Å². The van der Waals surface area contributed by atoms with E-state index in [4.69, 9.17) is 4.74 Å². The van der Waals surface area contributed by atoms with Crippen LogP contribution in [-0.2, 0) is 9.53 Å². The van der Waals surface area contributed by atoms with E-state index in [1.165, 1.54) is 16.2 Å². The van der Waals surface area contributed by atoms with Gasteiger partial charge in [-0.25, -0.2) is 9.78 Å². The molecule has 1 aliphatic heterocycles. The second-order valence-corrected chi connectivity index (χ2v) is 8.76. The van der Waals surface area contributed by atoms with Gasteiger partial charge in [-0.05, 0) is 52.7 Å². The van der Waals surface area contributed by atoms with Gasteiger partial charge in [-0.15, -0.1) is 11.3 Å². The Hall–Kier alpha value is -2.48. The summed E-state index contributed by atoms with van der Waals surface area (Å²) in [5.41, 5.74) is 1.19. The highest BCUT2D eigenvalue weighted by Crippen LogP contribution is 2.26. The lowest BCUT2D eigenvalue weighted by Gasteiger charge is -2.28. The molecule has 1 fully saturated rings. The molecule has 0 spiro atoms. The van der Waals surface area contributed by atoms with Crippen molar-refractivity contribution in [2.75, 3.05) is 6.54 Å². The molecule has 7 nitrogen and oxygen atoms in total. The molecule has 0 aliphatic carbocycles. The fraction of sp³-hybridized carbons (Fsp3) is 0.500. The molecule has 1 saturated heterocycles. The highest BCUT2D eigenvalue weighted by molar-refractivity contribution is 7.10. The van der Waals surface area contributed by atoms with Crippen molar-refractivity contribution in [3.05, 3.63) is 34.9 Å². The number of hydrogen-bond donors (Lipinski definition) is 1. The van der Waals surface area contributed by atoms with Crippen LogP contribution in [0.25, 0.3) is 11.3 Å². The summed E-state index contributed by atoms with van der Waals surface area (Å²) in [5.74, 6) is -0.172. The molecular formula is C20H26N4O3S. The number of nitrogens with zero attached hydrogens (tertiary/aromatic N) is 3. The zero-order valence-corrected chi connectivity index (χ0v) is 17.5. The first kappa shape index (κ1) is 20.3. The van der Waals surface area contributed by atoms with E-state index in [9.17, 15) is 9.59 Å². The van der Waals surface area contributed by atoms with Gasteiger partial charge in [0.2, 0.25) is 5.91 Å². The zero-order chi connectivity index (χ0) is 20.3. The van der Waals surface area contributed by atoms with Crippen molar-refractivity contribution < 1.29 is 14.3 Å². The molecule has 3 rings (SSSR count). The monoisotopic (exact) mass is 402 g/mol. The van der Waals surface area contributed by atoms with Gasteiger partial charge in [-0.1, -0.05) is 0 Å². The van der Waals surface area contributed by atoms with Crippen molar-refractivity contribution in [2.24, 2.45) is 0 Å². The van der Waals surface area contributed by atoms with Crippen LogP contribution in [0, 0.1) is 0 Å². The summed E-state index contributed by atoms with van der Waals surface area (Å²) in [6.07, 6.45) is 4.47. The van der Waals surface area contributed by atoms with Crippen LogP contribution in [-0.4, -0.2) is 45.1 Å². The number of carbonyl (C=O) groups is 2. The summed E-state index contributed by atoms with van der Waals surface area (Å²) in [6.45, 7) is 7.89. The molecule has 2 aromatic heterocycles. The highest BCUT2D eigenvalue weighted by atomic mass is 32.1. The first-order valence-electron chi connectivity index (χ1n) is 9.40. The fourth-order valence-corrected chi connectivity index (χ4v) is 3.92. The Kier molecular flexibility index (Phi) is 5.98. The lowest BCUT2D eigenvalue weighted by molar-refractivity contribution is -0.126. The molecule has 150 valence electrons. The van der Waals surface area contributed by atoms with E-state index in [0.29, 0.717) is 13.0 Å². The number of carbonyl (C=O) groups excluding carboxylic acids is 2. The van der Waals surface area contributed by atoms with Gasteiger partial charge < -0.3 is 10.1 Å². The second-order valence-electron chi connectivity index (χ2n) is 7.87. The van der Waals surface area contributed by atoms with Gasteiger partial charge >= 0.3 is 6.09 Å². The van der Waals surface area contributed by atoms with Gasteiger partial charge in [-0.3, -0.25) is 14.7 Å². The predicted octanol–water partition coefficient (Wildman–Crippen LogP) is 3.78. The number of thiazole rings is 1. The zero-order valence-electron chi connectivity index (χ0n) is 16.6. The first-order valence-corrected chi connectivity index (χ1v) is 10.3. The van der Waals surface area contributed by atoms with Gasteiger partial charge in [0.1, 0.15) is 16.7 Å². The van der Waals surface area contributed by atoms with Gasteiger partial charge in [0.15, 0.2) is 0 Å². The molecule has 0 aromatic carbocycles. The Morgan fingerprint density at radius 3 is 2.86 bits per heavy atom. The number of nitrogens with one attached hydrogen (secondary N) is 1. The molecule has 2 amide bonds. The summed E-state index contributed by atoms with van der Waals surface area (Å²) in [6, 6.07) is 3.07. The number of pyridine rings is 1. The lowest BCUT2D eigenvalue weighted by atomic mass is 10.2. The molecule has 0 bridgehead atoms. The minimum atomic E-state index is -0.586. The van der Waals surface area contributed by atoms with E-state index in [1.807, 2.05) is 45.2 Å². The quantitative estimate of drug-likeness (QED) is 0.841. The average molecular weight is 403 g/mol. The molecule has 1 N–H and O–H groups in total. The summed E-state index contributed by atoms with van der Waals surface area (Å²) in [5, 5.41) is 5.76. The summed E-state index contributed by atoms with van der Waals surface area (Å²) in [7, 11) is 0. The number of likely N-dealkylation sites (tertiary alicyclic amines) is 1. The SMILES string of the molecule is CC(NC(=O)[C@@H]1CCCN1C(=O)OC(C)(C)C)c1nc(-c2cccnc2)cs1. The Balaban J connectivity index is 1.64. The van der Waals surface area contributed by atoms with E-state index < -0.39 is 17.7 Å². The topological polar surface area (TPSA) is 84.4 Å². The molecule has 2 aromatic rings. The molecule has 28 heavy (non-hydrogen) atoms. The molecule has 8 heteroatoms. The number of rotatable bonds is 4. The number of ether oxygens (including phenoxy) is 1. The Morgan fingerprint density at radius 1 is 1.39 bits per heavy atom. The van der Waals surface area contributed by atoms with Crippen molar-refractivity contribution in [3.8, 4) is 11.3 Å². The third kappa shape index (κ3) is 4.86. The molecule has 3 heterocycles. The van der Waals surface area contributed by atoms with E-state index in [1.54, 1.807) is 12.4 Å².